The number of H-pyrrole nitrogens is 1. The summed E-state index contributed by atoms with van der Waals surface area (Å²) in [6.07, 6.45) is 0. The number of carboxylic acids is 1. The van der Waals surface area contributed by atoms with Crippen LogP contribution in [0.5, 0.6) is 0 Å². The maximum Gasteiger partial charge on any atom is 0.353 e. The molecule has 0 spiro atoms. The van der Waals surface area contributed by atoms with Crippen molar-refractivity contribution in [3.05, 3.63) is 36.0 Å². The minimum absolute atomic E-state index is 0.0970. The fraction of sp³-hybridized carbons (Fsp3) is 0.231. The van der Waals surface area contributed by atoms with Gasteiger partial charge in [-0.3, -0.25) is 5.10 Å². The largest absolute Gasteiger partial charge is 0.477 e. The third-order valence-corrected chi connectivity index (χ3v) is 2.89. The summed E-state index contributed by atoms with van der Waals surface area (Å²) in [5.41, 5.74) is 2.75. The van der Waals surface area contributed by atoms with Crippen LogP contribution < -0.4 is 4.90 Å². The molecule has 18 heavy (non-hydrogen) atoms. The van der Waals surface area contributed by atoms with E-state index in [1.165, 1.54) is 6.07 Å². The first kappa shape index (κ1) is 12.2. The summed E-state index contributed by atoms with van der Waals surface area (Å²) in [4.78, 5) is 12.9. The first-order chi connectivity index (χ1) is 8.61. The number of rotatable bonds is 4. The standard InChI is InChI=1S/C13H15N3O2/c1-3-16(2)10-6-4-9(5-7-10)11-8-12(13(17)18)15-14-11/h4-8H,3H2,1-2H3,(H,14,15)(H,17,18). The van der Waals surface area contributed by atoms with Crippen molar-refractivity contribution in [3.63, 3.8) is 0 Å². The molecular formula is C13H15N3O2. The fourth-order valence-corrected chi connectivity index (χ4v) is 1.65. The summed E-state index contributed by atoms with van der Waals surface area (Å²) in [6, 6.07) is 9.38. The first-order valence-electron chi connectivity index (χ1n) is 5.72. The number of anilines is 1. The Morgan fingerprint density at radius 1 is 1.39 bits per heavy atom. The van der Waals surface area contributed by atoms with Crippen molar-refractivity contribution in [1.82, 2.24) is 10.2 Å². The van der Waals surface area contributed by atoms with Gasteiger partial charge >= 0.3 is 5.97 Å². The highest BCUT2D eigenvalue weighted by atomic mass is 16.4. The molecule has 2 N–H and O–H groups in total. The number of aromatic amines is 1. The third kappa shape index (κ3) is 2.34. The minimum Gasteiger partial charge on any atom is -0.477 e. The Morgan fingerprint density at radius 3 is 2.56 bits per heavy atom. The molecule has 5 heteroatoms. The highest BCUT2D eigenvalue weighted by Crippen LogP contribution is 2.21. The Kier molecular flexibility index (Phi) is 3.32. The fourth-order valence-electron chi connectivity index (χ4n) is 1.65. The molecule has 0 fully saturated rings. The number of carbonyl (C=O) groups is 1. The topological polar surface area (TPSA) is 69.2 Å². The molecule has 0 saturated heterocycles. The zero-order valence-corrected chi connectivity index (χ0v) is 10.3. The average molecular weight is 245 g/mol. The summed E-state index contributed by atoms with van der Waals surface area (Å²) in [7, 11) is 2.02. The van der Waals surface area contributed by atoms with Gasteiger partial charge in [-0.15, -0.1) is 0 Å². The van der Waals surface area contributed by atoms with Gasteiger partial charge in [-0.25, -0.2) is 4.79 Å². The van der Waals surface area contributed by atoms with Crippen LogP contribution in [0.3, 0.4) is 0 Å². The number of nitrogens with zero attached hydrogens (tertiary/aromatic N) is 2. The molecule has 94 valence electrons. The maximum absolute atomic E-state index is 10.7. The summed E-state index contributed by atoms with van der Waals surface area (Å²) in [6.45, 7) is 3.02. The highest BCUT2D eigenvalue weighted by molar-refractivity contribution is 5.86. The van der Waals surface area contributed by atoms with Gasteiger partial charge in [0.05, 0.1) is 5.69 Å². The predicted molar refractivity (Wildman–Crippen MR) is 69.9 cm³/mol. The average Bonchev–Trinajstić information content (AvgIpc) is 2.88. The third-order valence-electron chi connectivity index (χ3n) is 2.89. The zero-order valence-electron chi connectivity index (χ0n) is 10.3. The lowest BCUT2D eigenvalue weighted by Gasteiger charge is -2.16. The van der Waals surface area contributed by atoms with E-state index < -0.39 is 5.97 Å². The van der Waals surface area contributed by atoms with Crippen LogP contribution in [0.1, 0.15) is 17.4 Å². The Bertz CT molecular complexity index is 546. The molecule has 5 nitrogen and oxygen atoms in total. The van der Waals surface area contributed by atoms with E-state index in [-0.39, 0.29) is 5.69 Å². The van der Waals surface area contributed by atoms with Gasteiger partial charge in [0.2, 0.25) is 0 Å². The van der Waals surface area contributed by atoms with E-state index in [1.54, 1.807) is 0 Å². The van der Waals surface area contributed by atoms with E-state index in [1.807, 2.05) is 31.3 Å². The van der Waals surface area contributed by atoms with Gasteiger partial charge in [0, 0.05) is 24.8 Å². The Morgan fingerprint density at radius 2 is 2.06 bits per heavy atom. The highest BCUT2D eigenvalue weighted by Gasteiger charge is 2.09. The summed E-state index contributed by atoms with van der Waals surface area (Å²) in [5, 5.41) is 15.3. The quantitative estimate of drug-likeness (QED) is 0.866. The molecule has 1 aromatic heterocycles. The number of hydrogen-bond donors (Lipinski definition) is 2. The van der Waals surface area contributed by atoms with Gasteiger partial charge in [0.1, 0.15) is 5.69 Å². The van der Waals surface area contributed by atoms with Crippen LogP contribution >= 0.6 is 0 Å². The zero-order chi connectivity index (χ0) is 13.1. The number of hydrogen-bond acceptors (Lipinski definition) is 3. The molecule has 0 saturated carbocycles. The molecule has 0 aliphatic heterocycles. The summed E-state index contributed by atoms with van der Waals surface area (Å²) >= 11 is 0. The number of nitrogens with one attached hydrogen (secondary N) is 1. The van der Waals surface area contributed by atoms with Crippen molar-refractivity contribution in [3.8, 4) is 11.3 Å². The van der Waals surface area contributed by atoms with E-state index in [0.717, 1.165) is 17.8 Å². The number of aromatic nitrogens is 2. The van der Waals surface area contributed by atoms with Gasteiger partial charge in [-0.05, 0) is 25.1 Å². The van der Waals surface area contributed by atoms with Crippen LogP contribution in [-0.2, 0) is 0 Å². The lowest BCUT2D eigenvalue weighted by atomic mass is 10.1. The molecule has 1 heterocycles. The lowest BCUT2D eigenvalue weighted by molar-refractivity contribution is 0.0690. The van der Waals surface area contributed by atoms with Gasteiger partial charge in [0.15, 0.2) is 0 Å². The second-order valence-electron chi connectivity index (χ2n) is 4.03. The molecule has 1 aromatic carbocycles. The van der Waals surface area contributed by atoms with Gasteiger partial charge in [-0.2, -0.15) is 5.10 Å². The van der Waals surface area contributed by atoms with E-state index in [0.29, 0.717) is 5.69 Å². The van der Waals surface area contributed by atoms with Crippen LogP contribution in [0.15, 0.2) is 30.3 Å². The van der Waals surface area contributed by atoms with Crippen LogP contribution in [0, 0.1) is 0 Å². The van der Waals surface area contributed by atoms with Crippen LogP contribution in [0.25, 0.3) is 11.3 Å². The Hall–Kier alpha value is -2.30. The van der Waals surface area contributed by atoms with Crippen molar-refractivity contribution in [1.29, 1.82) is 0 Å². The summed E-state index contributed by atoms with van der Waals surface area (Å²) < 4.78 is 0. The SMILES string of the molecule is CCN(C)c1ccc(-c2cc(C(=O)O)[nH]n2)cc1. The second kappa shape index (κ2) is 4.91. The van der Waals surface area contributed by atoms with Crippen LogP contribution in [-0.4, -0.2) is 34.9 Å². The van der Waals surface area contributed by atoms with Gasteiger partial charge in [0.25, 0.3) is 0 Å². The molecular weight excluding hydrogens is 230 g/mol. The number of benzene rings is 1. The van der Waals surface area contributed by atoms with E-state index in [4.69, 9.17) is 5.11 Å². The van der Waals surface area contributed by atoms with Crippen LogP contribution in [0.4, 0.5) is 5.69 Å². The minimum atomic E-state index is -1.00. The van der Waals surface area contributed by atoms with E-state index in [2.05, 4.69) is 22.0 Å². The van der Waals surface area contributed by atoms with Crippen molar-refractivity contribution in [2.24, 2.45) is 0 Å². The van der Waals surface area contributed by atoms with Crippen LogP contribution in [0.2, 0.25) is 0 Å². The van der Waals surface area contributed by atoms with Gasteiger partial charge < -0.3 is 10.0 Å². The van der Waals surface area contributed by atoms with Crippen molar-refractivity contribution in [2.45, 2.75) is 6.92 Å². The molecule has 0 aliphatic carbocycles. The Labute approximate surface area is 105 Å². The molecule has 0 aliphatic rings. The summed E-state index contributed by atoms with van der Waals surface area (Å²) in [5.74, 6) is -1.00. The lowest BCUT2D eigenvalue weighted by Crippen LogP contribution is -2.15. The van der Waals surface area contributed by atoms with Crippen molar-refractivity contribution >= 4 is 11.7 Å². The maximum atomic E-state index is 10.7. The molecule has 0 atom stereocenters. The predicted octanol–water partition coefficient (Wildman–Crippen LogP) is 2.23. The second-order valence-corrected chi connectivity index (χ2v) is 4.03. The monoisotopic (exact) mass is 245 g/mol. The van der Waals surface area contributed by atoms with E-state index >= 15 is 0 Å². The van der Waals surface area contributed by atoms with Crippen molar-refractivity contribution in [2.75, 3.05) is 18.5 Å². The normalized spacial score (nSPS) is 10.3. The molecule has 0 unspecified atom stereocenters. The molecule has 2 rings (SSSR count). The molecule has 0 bridgehead atoms. The van der Waals surface area contributed by atoms with Crippen molar-refractivity contribution < 1.29 is 9.90 Å². The molecule has 0 amide bonds. The van der Waals surface area contributed by atoms with E-state index in [9.17, 15) is 4.79 Å². The molecule has 2 aromatic rings. The number of carboxylic acid groups (broad SMARTS) is 1. The number of aromatic carboxylic acids is 1. The smallest absolute Gasteiger partial charge is 0.353 e. The Balaban J connectivity index is 2.25. The van der Waals surface area contributed by atoms with Gasteiger partial charge in [-0.1, -0.05) is 12.1 Å². The first-order valence-corrected chi connectivity index (χ1v) is 5.72. The molecule has 0 radical (unpaired) electrons.